The molecule has 0 saturated carbocycles. The zero-order chi connectivity index (χ0) is 16.4. The van der Waals surface area contributed by atoms with Gasteiger partial charge in [-0.15, -0.1) is 0 Å². The highest BCUT2D eigenvalue weighted by atomic mass is 16.5. The van der Waals surface area contributed by atoms with Crippen LogP contribution in [0.5, 0.6) is 5.75 Å². The van der Waals surface area contributed by atoms with Gasteiger partial charge in [-0.2, -0.15) is 0 Å². The molecule has 0 amide bonds. The number of fused-ring (bicyclic) bond motifs is 4. The van der Waals surface area contributed by atoms with Crippen LogP contribution < -0.4 is 4.74 Å². The highest BCUT2D eigenvalue weighted by Gasteiger charge is 2.52. The lowest BCUT2D eigenvalue weighted by Crippen LogP contribution is -2.60. The number of H-pyrrole nitrogens is 1. The fraction of sp³-hybridized carbons (Fsp3) is 0.500. The number of methoxy groups -OCH3 is 1. The molecule has 0 radical (unpaired) electrons. The molecule has 6 rings (SSSR count). The largest absolute Gasteiger partial charge is 0.497 e. The molecule has 0 spiro atoms. The van der Waals surface area contributed by atoms with Crippen molar-refractivity contribution in [2.75, 3.05) is 20.3 Å². The van der Waals surface area contributed by atoms with E-state index in [2.05, 4.69) is 35.0 Å². The van der Waals surface area contributed by atoms with Crippen LogP contribution in [0.15, 0.2) is 29.8 Å². The Kier molecular flexibility index (Phi) is 3.10. The molecular weight excluding hydrogens is 300 g/mol. The van der Waals surface area contributed by atoms with Gasteiger partial charge in [-0.25, -0.2) is 0 Å². The Morgan fingerprint density at radius 3 is 3.04 bits per heavy atom. The van der Waals surface area contributed by atoms with E-state index in [1.54, 1.807) is 7.11 Å². The minimum atomic E-state index is 0.289. The second-order valence-electron chi connectivity index (χ2n) is 7.44. The van der Waals surface area contributed by atoms with E-state index in [0.717, 1.165) is 25.1 Å². The van der Waals surface area contributed by atoms with Crippen LogP contribution in [0, 0.1) is 11.8 Å². The van der Waals surface area contributed by atoms with Crippen molar-refractivity contribution in [3.63, 3.8) is 0 Å². The van der Waals surface area contributed by atoms with Crippen LogP contribution in [0.4, 0.5) is 0 Å². The number of aliphatic hydroxyl groups excluding tert-OH is 1. The molecular formula is C20H24N2O2. The van der Waals surface area contributed by atoms with Crippen LogP contribution in [0.1, 0.15) is 30.6 Å². The average Bonchev–Trinajstić information content (AvgIpc) is 2.99. The van der Waals surface area contributed by atoms with Crippen molar-refractivity contribution < 1.29 is 9.84 Å². The summed E-state index contributed by atoms with van der Waals surface area (Å²) in [6.07, 6.45) is 4.42. The maximum atomic E-state index is 10.1. The number of piperidine rings is 3. The normalized spacial score (nSPS) is 35.5. The third-order valence-corrected chi connectivity index (χ3v) is 6.63. The second-order valence-corrected chi connectivity index (χ2v) is 7.44. The van der Waals surface area contributed by atoms with Crippen molar-refractivity contribution in [2.24, 2.45) is 11.8 Å². The minimum absolute atomic E-state index is 0.289. The molecule has 4 heteroatoms. The summed E-state index contributed by atoms with van der Waals surface area (Å²) < 4.78 is 5.43. The maximum absolute atomic E-state index is 10.1. The SMILES string of the molecule is C/C=C1/CN2[C@H]3C[C@H]1[C@@H](CO)[C@@H]2Cc1c3[nH]c2ccc(OC)cc12. The van der Waals surface area contributed by atoms with Crippen molar-refractivity contribution in [3.05, 3.63) is 41.1 Å². The first-order valence-corrected chi connectivity index (χ1v) is 8.95. The molecule has 4 bridgehead atoms. The molecule has 4 aliphatic rings. The van der Waals surface area contributed by atoms with Crippen molar-refractivity contribution in [1.82, 2.24) is 9.88 Å². The summed E-state index contributed by atoms with van der Waals surface area (Å²) in [5.74, 6) is 1.82. The van der Waals surface area contributed by atoms with Gasteiger partial charge >= 0.3 is 0 Å². The van der Waals surface area contributed by atoms with Gasteiger partial charge in [0.2, 0.25) is 0 Å². The maximum Gasteiger partial charge on any atom is 0.119 e. The van der Waals surface area contributed by atoms with Gasteiger partial charge in [0.1, 0.15) is 5.75 Å². The molecule has 4 nitrogen and oxygen atoms in total. The topological polar surface area (TPSA) is 48.5 Å². The van der Waals surface area contributed by atoms with Crippen LogP contribution in [0.3, 0.4) is 0 Å². The van der Waals surface area contributed by atoms with Crippen molar-refractivity contribution in [3.8, 4) is 5.75 Å². The summed E-state index contributed by atoms with van der Waals surface area (Å²) in [6, 6.07) is 7.24. The summed E-state index contributed by atoms with van der Waals surface area (Å²) in [5.41, 5.74) is 5.56. The standard InChI is InChI=1S/C20H24N2O2/c1-3-11-9-22-18-8-15-14-6-12(24-2)4-5-17(14)21-20(15)19(22)7-13(11)16(18)10-23/h3-6,13,16,18-19,21,23H,7-10H2,1-2H3/b11-3-/t13-,16-,18+,19+/m1/s1. The predicted octanol–water partition coefficient (Wildman–Crippen LogP) is 3.03. The molecule has 5 heterocycles. The number of aromatic nitrogens is 1. The van der Waals surface area contributed by atoms with Gasteiger partial charge in [0, 0.05) is 41.7 Å². The molecule has 3 fully saturated rings. The summed E-state index contributed by atoms with van der Waals surface area (Å²) >= 11 is 0. The number of hydrogen-bond acceptors (Lipinski definition) is 3. The van der Waals surface area contributed by atoms with Gasteiger partial charge in [-0.1, -0.05) is 11.6 Å². The fourth-order valence-electron chi connectivity index (χ4n) is 5.47. The molecule has 2 aromatic rings. The molecule has 0 aliphatic carbocycles. The lowest BCUT2D eigenvalue weighted by Gasteiger charge is -2.58. The van der Waals surface area contributed by atoms with E-state index in [9.17, 15) is 5.11 Å². The second kappa shape index (κ2) is 5.11. The Bertz CT molecular complexity index is 838. The van der Waals surface area contributed by atoms with Gasteiger partial charge in [0.15, 0.2) is 0 Å². The van der Waals surface area contributed by atoms with Crippen molar-refractivity contribution in [1.29, 1.82) is 0 Å². The van der Waals surface area contributed by atoms with Crippen LogP contribution >= 0.6 is 0 Å². The molecule has 2 N–H and O–H groups in total. The summed E-state index contributed by atoms with van der Waals surface area (Å²) in [6.45, 7) is 3.49. The number of benzene rings is 1. The first-order valence-electron chi connectivity index (χ1n) is 8.95. The van der Waals surface area contributed by atoms with E-state index in [-0.39, 0.29) is 6.61 Å². The highest BCUT2D eigenvalue weighted by molar-refractivity contribution is 5.86. The van der Waals surface area contributed by atoms with E-state index >= 15 is 0 Å². The Balaban J connectivity index is 1.66. The molecule has 1 aromatic heterocycles. The van der Waals surface area contributed by atoms with E-state index < -0.39 is 0 Å². The quantitative estimate of drug-likeness (QED) is 0.835. The van der Waals surface area contributed by atoms with Crippen LogP contribution in [-0.4, -0.2) is 41.3 Å². The third-order valence-electron chi connectivity index (χ3n) is 6.63. The molecule has 3 saturated heterocycles. The summed E-state index contributed by atoms with van der Waals surface area (Å²) in [5, 5.41) is 11.3. The Morgan fingerprint density at radius 2 is 2.29 bits per heavy atom. The lowest BCUT2D eigenvalue weighted by molar-refractivity contribution is -0.0503. The molecule has 24 heavy (non-hydrogen) atoms. The molecule has 126 valence electrons. The van der Waals surface area contributed by atoms with E-state index in [4.69, 9.17) is 4.74 Å². The fourth-order valence-corrected chi connectivity index (χ4v) is 5.47. The number of nitrogens with zero attached hydrogens (tertiary/aromatic N) is 1. The number of rotatable bonds is 2. The van der Waals surface area contributed by atoms with Gasteiger partial charge in [0.25, 0.3) is 0 Å². The van der Waals surface area contributed by atoms with Crippen LogP contribution in [0.25, 0.3) is 10.9 Å². The Labute approximate surface area is 142 Å². The van der Waals surface area contributed by atoms with Crippen LogP contribution in [-0.2, 0) is 6.42 Å². The first kappa shape index (κ1) is 14.6. The Morgan fingerprint density at radius 1 is 1.42 bits per heavy atom. The van der Waals surface area contributed by atoms with E-state index in [1.807, 2.05) is 6.07 Å². The number of nitrogens with one attached hydrogen (secondary N) is 1. The monoisotopic (exact) mass is 324 g/mol. The summed E-state index contributed by atoms with van der Waals surface area (Å²) in [7, 11) is 1.72. The zero-order valence-electron chi connectivity index (χ0n) is 14.2. The first-order chi connectivity index (χ1) is 11.7. The number of ether oxygens (including phenoxy) is 1. The number of hydrogen-bond donors (Lipinski definition) is 2. The minimum Gasteiger partial charge on any atom is -0.497 e. The van der Waals surface area contributed by atoms with Gasteiger partial charge in [0.05, 0.1) is 13.2 Å². The number of aromatic amines is 1. The predicted molar refractivity (Wildman–Crippen MR) is 94.2 cm³/mol. The highest BCUT2D eigenvalue weighted by Crippen LogP contribution is 2.54. The van der Waals surface area contributed by atoms with Crippen molar-refractivity contribution >= 4 is 10.9 Å². The third kappa shape index (κ3) is 1.76. The Hall–Kier alpha value is -1.78. The molecule has 4 aliphatic heterocycles. The number of aliphatic hydroxyl groups is 1. The van der Waals surface area contributed by atoms with Gasteiger partial charge in [-0.05, 0) is 49.4 Å². The summed E-state index contributed by atoms with van der Waals surface area (Å²) in [4.78, 5) is 6.32. The van der Waals surface area contributed by atoms with Gasteiger partial charge < -0.3 is 14.8 Å². The average molecular weight is 324 g/mol. The molecule has 5 atom stereocenters. The van der Waals surface area contributed by atoms with Gasteiger partial charge in [-0.3, -0.25) is 4.90 Å². The lowest BCUT2D eigenvalue weighted by atomic mass is 9.64. The van der Waals surface area contributed by atoms with Crippen LogP contribution in [0.2, 0.25) is 0 Å². The van der Waals surface area contributed by atoms with Crippen molar-refractivity contribution in [2.45, 2.75) is 31.8 Å². The molecule has 1 unspecified atom stereocenters. The number of allylic oxidation sites excluding steroid dienone is 1. The van der Waals surface area contributed by atoms with E-state index in [0.29, 0.717) is 23.9 Å². The zero-order valence-corrected chi connectivity index (χ0v) is 14.2. The smallest absolute Gasteiger partial charge is 0.119 e. The van der Waals surface area contributed by atoms with E-state index in [1.165, 1.54) is 27.7 Å². The molecule has 1 aromatic carbocycles.